The number of hydrogen-bond donors (Lipinski definition) is 1. The average Bonchev–Trinajstić information content (AvgIpc) is 3.22. The predicted octanol–water partition coefficient (Wildman–Crippen LogP) is 2.66. The highest BCUT2D eigenvalue weighted by atomic mass is 79.9. The number of piperazine rings is 1. The summed E-state index contributed by atoms with van der Waals surface area (Å²) >= 11 is 6.78. The Morgan fingerprint density at radius 3 is 2.65 bits per heavy atom. The zero-order chi connectivity index (χ0) is 16.0. The normalized spacial score (nSPS) is 18.7. The Morgan fingerprint density at radius 2 is 2.00 bits per heavy atom. The van der Waals surface area contributed by atoms with E-state index in [1.807, 2.05) is 0 Å². The molecule has 23 heavy (non-hydrogen) atoms. The molecule has 0 bridgehead atoms. The highest BCUT2D eigenvalue weighted by Crippen LogP contribution is 2.42. The van der Waals surface area contributed by atoms with Crippen molar-refractivity contribution in [3.63, 3.8) is 0 Å². The summed E-state index contributed by atoms with van der Waals surface area (Å²) in [5.41, 5.74) is 0. The molecule has 6 nitrogen and oxygen atoms in total. The molecule has 4 heterocycles. The lowest BCUT2D eigenvalue weighted by Crippen LogP contribution is -2.45. The van der Waals surface area contributed by atoms with Crippen LogP contribution in [0.15, 0.2) is 22.2 Å². The van der Waals surface area contributed by atoms with Gasteiger partial charge in [0.05, 0.1) is 14.7 Å². The van der Waals surface area contributed by atoms with Crippen molar-refractivity contribution in [1.29, 1.82) is 0 Å². The number of fused-ring (bicyclic) bond motifs is 1. The van der Waals surface area contributed by atoms with E-state index in [0.29, 0.717) is 0 Å². The summed E-state index contributed by atoms with van der Waals surface area (Å²) < 4.78 is 2.62. The molecule has 0 aliphatic carbocycles. The molecule has 9 heteroatoms. The predicted molar refractivity (Wildman–Crippen MR) is 95.5 cm³/mol. The van der Waals surface area contributed by atoms with Crippen molar-refractivity contribution in [2.45, 2.75) is 6.04 Å². The van der Waals surface area contributed by atoms with Gasteiger partial charge in [-0.05, 0) is 35.1 Å². The van der Waals surface area contributed by atoms with Crippen molar-refractivity contribution in [3.05, 3.63) is 32.0 Å². The Hall–Kier alpha value is -1.00. The van der Waals surface area contributed by atoms with E-state index in [4.69, 9.17) is 0 Å². The zero-order valence-corrected chi connectivity index (χ0v) is 15.7. The second kappa shape index (κ2) is 6.14. The van der Waals surface area contributed by atoms with Gasteiger partial charge >= 0.3 is 0 Å². The maximum absolute atomic E-state index is 10.6. The van der Waals surface area contributed by atoms with Crippen LogP contribution in [0.25, 0.3) is 4.96 Å². The Balaban J connectivity index is 1.78. The van der Waals surface area contributed by atoms with E-state index >= 15 is 0 Å². The molecule has 3 aromatic heterocycles. The molecule has 1 N–H and O–H groups in total. The molecule has 122 valence electrons. The minimum Gasteiger partial charge on any atom is -0.492 e. The summed E-state index contributed by atoms with van der Waals surface area (Å²) in [6, 6.07) is 4.25. The number of nitrogens with zero attached hydrogens (tertiary/aromatic N) is 5. The molecule has 0 amide bonds. The minimum atomic E-state index is 0.0495. The Kier molecular flexibility index (Phi) is 4.14. The molecule has 0 aromatic carbocycles. The SMILES string of the molecule is CN1CCN([C@@H](c2ccc(Br)s2)c2sc3ncnn3c2O)CC1. The maximum atomic E-state index is 10.6. The number of rotatable bonds is 3. The lowest BCUT2D eigenvalue weighted by atomic mass is 10.1. The standard InChI is InChI=1S/C14H16BrN5OS2/c1-18-4-6-19(7-5-18)11(9-2-3-10(15)22-9)12-13(21)20-14(23-12)16-8-17-20/h2-3,8,11,21H,4-7H2,1H3/t11-/m0/s1. The third-order valence-corrected chi connectivity index (χ3v) is 6.92. The van der Waals surface area contributed by atoms with Gasteiger partial charge in [-0.15, -0.1) is 11.3 Å². The summed E-state index contributed by atoms with van der Waals surface area (Å²) in [6.45, 7) is 4.02. The first kappa shape index (κ1) is 15.5. The van der Waals surface area contributed by atoms with Crippen LogP contribution in [0.4, 0.5) is 0 Å². The monoisotopic (exact) mass is 413 g/mol. The molecular weight excluding hydrogens is 398 g/mol. The lowest BCUT2D eigenvalue weighted by molar-refractivity contribution is 0.128. The Bertz CT molecular complexity index is 820. The van der Waals surface area contributed by atoms with Gasteiger partial charge in [0, 0.05) is 31.1 Å². The number of halogens is 1. The van der Waals surface area contributed by atoms with Crippen molar-refractivity contribution < 1.29 is 5.11 Å². The minimum absolute atomic E-state index is 0.0495. The second-order valence-corrected chi connectivity index (χ2v) is 9.13. The summed E-state index contributed by atoms with van der Waals surface area (Å²) in [4.78, 5) is 11.9. The molecule has 1 saturated heterocycles. The highest BCUT2D eigenvalue weighted by Gasteiger charge is 2.31. The van der Waals surface area contributed by atoms with Crippen LogP contribution in [0.2, 0.25) is 0 Å². The fourth-order valence-corrected chi connectivity index (χ4v) is 5.63. The summed E-state index contributed by atoms with van der Waals surface area (Å²) in [6.07, 6.45) is 1.47. The number of aromatic hydroxyl groups is 1. The van der Waals surface area contributed by atoms with Gasteiger partial charge in [-0.2, -0.15) is 9.61 Å². The zero-order valence-electron chi connectivity index (χ0n) is 12.5. The third kappa shape index (κ3) is 2.80. The summed E-state index contributed by atoms with van der Waals surface area (Å²) in [7, 11) is 2.15. The van der Waals surface area contributed by atoms with Crippen LogP contribution in [0.5, 0.6) is 5.88 Å². The molecule has 0 radical (unpaired) electrons. The second-order valence-electron chi connectivity index (χ2n) is 5.63. The highest BCUT2D eigenvalue weighted by molar-refractivity contribution is 9.11. The van der Waals surface area contributed by atoms with Crippen LogP contribution in [0, 0.1) is 0 Å². The van der Waals surface area contributed by atoms with Gasteiger partial charge in [-0.3, -0.25) is 4.90 Å². The first-order valence-corrected chi connectivity index (χ1v) is 9.75. The van der Waals surface area contributed by atoms with Crippen molar-refractivity contribution in [1.82, 2.24) is 24.4 Å². The molecule has 4 rings (SSSR count). The van der Waals surface area contributed by atoms with Crippen LogP contribution < -0.4 is 0 Å². The van der Waals surface area contributed by atoms with Crippen LogP contribution in [-0.4, -0.2) is 62.7 Å². The average molecular weight is 414 g/mol. The van der Waals surface area contributed by atoms with Crippen LogP contribution >= 0.6 is 38.6 Å². The molecule has 1 aliphatic heterocycles. The van der Waals surface area contributed by atoms with Gasteiger partial charge in [0.15, 0.2) is 0 Å². The van der Waals surface area contributed by atoms with E-state index in [1.54, 1.807) is 11.3 Å². The molecule has 1 atom stereocenters. The fourth-order valence-electron chi connectivity index (χ4n) is 2.90. The number of likely N-dealkylation sites (N-methyl/N-ethyl adjacent to an activating group) is 1. The lowest BCUT2D eigenvalue weighted by Gasteiger charge is -2.37. The Labute approximate surface area is 150 Å². The van der Waals surface area contributed by atoms with Gasteiger partial charge in [-0.25, -0.2) is 4.98 Å². The van der Waals surface area contributed by atoms with E-state index in [2.05, 4.69) is 55.0 Å². The van der Waals surface area contributed by atoms with Crippen LogP contribution in [-0.2, 0) is 0 Å². The topological polar surface area (TPSA) is 56.9 Å². The summed E-state index contributed by atoms with van der Waals surface area (Å²) in [5.74, 6) is 0.205. The number of aromatic nitrogens is 3. The molecule has 3 aromatic rings. The first-order valence-electron chi connectivity index (χ1n) is 7.32. The third-order valence-electron chi connectivity index (χ3n) is 4.15. The smallest absolute Gasteiger partial charge is 0.230 e. The maximum Gasteiger partial charge on any atom is 0.230 e. The molecule has 1 aliphatic rings. The van der Waals surface area contributed by atoms with Crippen molar-refractivity contribution in [2.24, 2.45) is 0 Å². The summed E-state index contributed by atoms with van der Waals surface area (Å²) in [5, 5.41) is 14.7. The van der Waals surface area contributed by atoms with Crippen molar-refractivity contribution in [2.75, 3.05) is 33.2 Å². The molecular formula is C14H16BrN5OS2. The van der Waals surface area contributed by atoms with E-state index < -0.39 is 0 Å². The van der Waals surface area contributed by atoms with E-state index in [1.165, 1.54) is 27.1 Å². The molecule has 1 fully saturated rings. The number of thiophene rings is 1. The quantitative estimate of drug-likeness (QED) is 0.714. The van der Waals surface area contributed by atoms with Gasteiger partial charge in [0.1, 0.15) is 6.33 Å². The van der Waals surface area contributed by atoms with Gasteiger partial charge in [0.2, 0.25) is 10.8 Å². The van der Waals surface area contributed by atoms with E-state index in [0.717, 1.165) is 39.8 Å². The molecule has 0 saturated carbocycles. The van der Waals surface area contributed by atoms with Crippen molar-refractivity contribution in [3.8, 4) is 5.88 Å². The fraction of sp³-hybridized carbons (Fsp3) is 0.429. The first-order chi connectivity index (χ1) is 11.1. The van der Waals surface area contributed by atoms with Gasteiger partial charge < -0.3 is 10.0 Å². The van der Waals surface area contributed by atoms with E-state index in [9.17, 15) is 5.11 Å². The molecule has 0 spiro atoms. The van der Waals surface area contributed by atoms with Gasteiger partial charge in [-0.1, -0.05) is 11.3 Å². The number of thiazole rings is 1. The number of hydrogen-bond acceptors (Lipinski definition) is 7. The largest absolute Gasteiger partial charge is 0.492 e. The van der Waals surface area contributed by atoms with E-state index in [-0.39, 0.29) is 11.9 Å². The molecule has 0 unspecified atom stereocenters. The van der Waals surface area contributed by atoms with Crippen molar-refractivity contribution >= 4 is 43.6 Å². The van der Waals surface area contributed by atoms with Gasteiger partial charge in [0.25, 0.3) is 0 Å². The van der Waals surface area contributed by atoms with Crippen LogP contribution in [0.1, 0.15) is 15.8 Å². The van der Waals surface area contributed by atoms with Crippen LogP contribution in [0.3, 0.4) is 0 Å². The Morgan fingerprint density at radius 1 is 1.22 bits per heavy atom.